The molecule has 15 heavy (non-hydrogen) atoms. The van der Waals surface area contributed by atoms with Crippen LogP contribution in [0.15, 0.2) is 23.3 Å². The molecule has 0 heterocycles. The zero-order valence-corrected chi connectivity index (χ0v) is 10.1. The lowest BCUT2D eigenvalue weighted by Gasteiger charge is -2.20. The highest BCUT2D eigenvalue weighted by molar-refractivity contribution is 5.78. The van der Waals surface area contributed by atoms with Crippen molar-refractivity contribution in [2.75, 3.05) is 6.54 Å². The van der Waals surface area contributed by atoms with E-state index in [0.717, 1.165) is 6.42 Å². The second kappa shape index (κ2) is 5.15. The van der Waals surface area contributed by atoms with E-state index < -0.39 is 0 Å². The summed E-state index contributed by atoms with van der Waals surface area (Å²) in [6.07, 6.45) is 5.41. The molecule has 1 aliphatic rings. The Kier molecular flexibility index (Phi) is 4.13. The van der Waals surface area contributed by atoms with Crippen molar-refractivity contribution in [2.24, 2.45) is 11.8 Å². The van der Waals surface area contributed by atoms with Crippen molar-refractivity contribution in [3.63, 3.8) is 0 Å². The quantitative estimate of drug-likeness (QED) is 0.757. The maximum Gasteiger partial charge on any atom is 0.222 e. The zero-order valence-electron chi connectivity index (χ0n) is 10.1. The van der Waals surface area contributed by atoms with Crippen molar-refractivity contribution in [1.29, 1.82) is 0 Å². The lowest BCUT2D eigenvalue weighted by Crippen LogP contribution is -2.31. The van der Waals surface area contributed by atoms with Crippen LogP contribution in [0.4, 0.5) is 0 Å². The van der Waals surface area contributed by atoms with Crippen LogP contribution >= 0.6 is 0 Å². The fraction of sp³-hybridized carbons (Fsp3) is 0.615. The predicted molar refractivity (Wildman–Crippen MR) is 63.5 cm³/mol. The minimum Gasteiger partial charge on any atom is -0.352 e. The largest absolute Gasteiger partial charge is 0.352 e. The molecule has 1 amide bonds. The summed E-state index contributed by atoms with van der Waals surface area (Å²) in [5.41, 5.74) is 2.75. The van der Waals surface area contributed by atoms with Crippen LogP contribution in [0.2, 0.25) is 0 Å². The molecule has 0 aromatic heterocycles. The second-order valence-corrected chi connectivity index (χ2v) is 4.73. The lowest BCUT2D eigenvalue weighted by molar-refractivity contribution is -0.123. The Bertz CT molecular complexity index is 300. The normalized spacial score (nSPS) is 21.0. The summed E-state index contributed by atoms with van der Waals surface area (Å²) in [6.45, 7) is 8.89. The maximum absolute atomic E-state index is 11.4. The molecule has 2 nitrogen and oxygen atoms in total. The van der Waals surface area contributed by atoms with Crippen molar-refractivity contribution in [2.45, 2.75) is 34.1 Å². The minimum absolute atomic E-state index is 0.0711. The Morgan fingerprint density at radius 1 is 1.53 bits per heavy atom. The maximum atomic E-state index is 11.4. The van der Waals surface area contributed by atoms with Crippen LogP contribution in [-0.2, 0) is 4.79 Å². The topological polar surface area (TPSA) is 29.1 Å². The Labute approximate surface area is 92.4 Å². The molecule has 1 rings (SSSR count). The Hall–Kier alpha value is -1.05. The number of hydrogen-bond donors (Lipinski definition) is 1. The smallest absolute Gasteiger partial charge is 0.222 e. The summed E-state index contributed by atoms with van der Waals surface area (Å²) in [6, 6.07) is 0. The van der Waals surface area contributed by atoms with Crippen LogP contribution < -0.4 is 5.32 Å². The van der Waals surface area contributed by atoms with E-state index in [9.17, 15) is 4.79 Å². The van der Waals surface area contributed by atoms with E-state index in [1.54, 1.807) is 0 Å². The lowest BCUT2D eigenvalue weighted by atomic mass is 9.89. The van der Waals surface area contributed by atoms with Crippen LogP contribution in [0.1, 0.15) is 34.1 Å². The van der Waals surface area contributed by atoms with Gasteiger partial charge in [0.25, 0.3) is 0 Å². The fourth-order valence-electron chi connectivity index (χ4n) is 1.72. The van der Waals surface area contributed by atoms with Gasteiger partial charge in [0.05, 0.1) is 0 Å². The molecule has 0 radical (unpaired) electrons. The Morgan fingerprint density at radius 2 is 2.20 bits per heavy atom. The number of carbonyl (C=O) groups is 1. The van der Waals surface area contributed by atoms with E-state index in [-0.39, 0.29) is 11.8 Å². The van der Waals surface area contributed by atoms with Gasteiger partial charge in [-0.25, -0.2) is 0 Å². The van der Waals surface area contributed by atoms with Gasteiger partial charge in [-0.2, -0.15) is 0 Å². The number of amides is 1. The zero-order chi connectivity index (χ0) is 11.4. The Morgan fingerprint density at radius 3 is 2.73 bits per heavy atom. The molecule has 1 aliphatic carbocycles. The summed E-state index contributed by atoms with van der Waals surface area (Å²) in [4.78, 5) is 11.4. The van der Waals surface area contributed by atoms with E-state index in [1.165, 1.54) is 11.1 Å². The molecule has 0 spiro atoms. The Balaban J connectivity index is 2.49. The molecule has 0 saturated carbocycles. The number of carbonyl (C=O) groups excluding carboxylic acids is 1. The number of rotatable bonds is 3. The van der Waals surface area contributed by atoms with Gasteiger partial charge in [0, 0.05) is 12.5 Å². The minimum atomic E-state index is 0.0711. The van der Waals surface area contributed by atoms with E-state index in [2.05, 4.69) is 31.3 Å². The van der Waals surface area contributed by atoms with Crippen molar-refractivity contribution in [3.05, 3.63) is 23.3 Å². The summed E-state index contributed by atoms with van der Waals surface area (Å²) < 4.78 is 0. The molecular formula is C13H21NO. The van der Waals surface area contributed by atoms with Gasteiger partial charge in [-0.05, 0) is 24.8 Å². The van der Waals surface area contributed by atoms with E-state index in [0.29, 0.717) is 12.5 Å². The van der Waals surface area contributed by atoms with Crippen LogP contribution in [0, 0.1) is 11.8 Å². The van der Waals surface area contributed by atoms with Gasteiger partial charge in [-0.1, -0.05) is 38.5 Å². The molecule has 0 saturated heterocycles. The molecule has 2 heteroatoms. The molecule has 0 aromatic rings. The van der Waals surface area contributed by atoms with Crippen molar-refractivity contribution in [1.82, 2.24) is 5.32 Å². The van der Waals surface area contributed by atoms with Crippen LogP contribution in [0.3, 0.4) is 0 Å². The van der Waals surface area contributed by atoms with E-state index in [1.807, 2.05) is 13.8 Å². The van der Waals surface area contributed by atoms with Gasteiger partial charge in [-0.3, -0.25) is 4.79 Å². The highest BCUT2D eigenvalue weighted by Gasteiger charge is 2.14. The molecule has 1 atom stereocenters. The first-order valence-corrected chi connectivity index (χ1v) is 5.64. The number of nitrogens with one attached hydrogen (secondary N) is 1. The van der Waals surface area contributed by atoms with Gasteiger partial charge in [-0.15, -0.1) is 0 Å². The van der Waals surface area contributed by atoms with Crippen molar-refractivity contribution < 1.29 is 4.79 Å². The molecule has 1 N–H and O–H groups in total. The molecule has 84 valence electrons. The SMILES string of the molecule is CC1=CC=C(CNC(=O)C(C)C)C(C)C1. The van der Waals surface area contributed by atoms with Gasteiger partial charge in [0.2, 0.25) is 5.91 Å². The highest BCUT2D eigenvalue weighted by atomic mass is 16.1. The number of allylic oxidation sites excluding steroid dienone is 3. The molecule has 1 unspecified atom stereocenters. The summed E-state index contributed by atoms with van der Waals surface area (Å²) in [5.74, 6) is 0.763. The molecular weight excluding hydrogens is 186 g/mol. The van der Waals surface area contributed by atoms with Crippen molar-refractivity contribution >= 4 is 5.91 Å². The molecule has 0 aromatic carbocycles. The highest BCUT2D eigenvalue weighted by Crippen LogP contribution is 2.23. The molecule has 0 fully saturated rings. The monoisotopic (exact) mass is 207 g/mol. The average molecular weight is 207 g/mol. The first-order valence-electron chi connectivity index (χ1n) is 5.64. The summed E-state index contributed by atoms with van der Waals surface area (Å²) in [5, 5.41) is 2.96. The van der Waals surface area contributed by atoms with Crippen LogP contribution in [-0.4, -0.2) is 12.5 Å². The van der Waals surface area contributed by atoms with Crippen LogP contribution in [0.25, 0.3) is 0 Å². The molecule has 0 aliphatic heterocycles. The third-order valence-corrected chi connectivity index (χ3v) is 2.83. The van der Waals surface area contributed by atoms with Crippen LogP contribution in [0.5, 0.6) is 0 Å². The number of hydrogen-bond acceptors (Lipinski definition) is 1. The fourth-order valence-corrected chi connectivity index (χ4v) is 1.72. The van der Waals surface area contributed by atoms with Gasteiger partial charge >= 0.3 is 0 Å². The second-order valence-electron chi connectivity index (χ2n) is 4.73. The third kappa shape index (κ3) is 3.54. The van der Waals surface area contributed by atoms with E-state index in [4.69, 9.17) is 0 Å². The average Bonchev–Trinajstić information content (AvgIpc) is 2.15. The predicted octanol–water partition coefficient (Wildman–Crippen LogP) is 2.67. The first kappa shape index (κ1) is 12.0. The molecule has 0 bridgehead atoms. The summed E-state index contributed by atoms with van der Waals surface area (Å²) >= 11 is 0. The van der Waals surface area contributed by atoms with Crippen molar-refractivity contribution in [3.8, 4) is 0 Å². The van der Waals surface area contributed by atoms with E-state index >= 15 is 0 Å². The van der Waals surface area contributed by atoms with Gasteiger partial charge in [0.15, 0.2) is 0 Å². The van der Waals surface area contributed by atoms with Gasteiger partial charge < -0.3 is 5.32 Å². The first-order chi connectivity index (χ1) is 7.00. The third-order valence-electron chi connectivity index (χ3n) is 2.83. The summed E-state index contributed by atoms with van der Waals surface area (Å²) in [7, 11) is 0. The standard InChI is InChI=1S/C13H21NO/c1-9(2)13(15)14-8-12-6-5-10(3)7-11(12)4/h5-6,9,11H,7-8H2,1-4H3,(H,14,15). The van der Waals surface area contributed by atoms with Gasteiger partial charge in [0.1, 0.15) is 0 Å².